The molecule has 0 atom stereocenters. The number of benzene rings is 2. The summed E-state index contributed by atoms with van der Waals surface area (Å²) in [5.41, 5.74) is 1.55. The number of nitriles is 1. The van der Waals surface area contributed by atoms with Gasteiger partial charge >= 0.3 is 0 Å². The maximum absolute atomic E-state index is 10.7. The van der Waals surface area contributed by atoms with Gasteiger partial charge in [0.25, 0.3) is 0 Å². The lowest BCUT2D eigenvalue weighted by Gasteiger charge is -2.08. The Morgan fingerprint density at radius 2 is 1.89 bits per heavy atom. The van der Waals surface area contributed by atoms with E-state index in [1.165, 1.54) is 6.07 Å². The number of carbonyl (C=O) groups excluding carboxylic acids is 1. The van der Waals surface area contributed by atoms with Gasteiger partial charge in [-0.05, 0) is 48.9 Å². The van der Waals surface area contributed by atoms with Crippen molar-refractivity contribution in [2.75, 3.05) is 0 Å². The molecular formula is C15H10ClNO2. The predicted octanol–water partition coefficient (Wildman–Crippen LogP) is 4.12. The van der Waals surface area contributed by atoms with Gasteiger partial charge in [-0.2, -0.15) is 5.26 Å². The lowest BCUT2D eigenvalue weighted by atomic mass is 10.1. The van der Waals surface area contributed by atoms with Gasteiger partial charge in [0.05, 0.1) is 5.56 Å². The summed E-state index contributed by atoms with van der Waals surface area (Å²) in [6.45, 7) is 1.88. The number of carbonyl (C=O) groups is 1. The smallest absolute Gasteiger partial charge is 0.151 e. The molecule has 2 aromatic rings. The molecule has 0 fully saturated rings. The van der Waals surface area contributed by atoms with Gasteiger partial charge in [-0.3, -0.25) is 4.79 Å². The van der Waals surface area contributed by atoms with Crippen molar-refractivity contribution in [1.29, 1.82) is 5.26 Å². The monoisotopic (exact) mass is 271 g/mol. The molecule has 0 bridgehead atoms. The zero-order valence-corrected chi connectivity index (χ0v) is 10.9. The molecule has 0 spiro atoms. The molecule has 0 unspecified atom stereocenters. The summed E-state index contributed by atoms with van der Waals surface area (Å²) in [6.07, 6.45) is 0.648. The second kappa shape index (κ2) is 5.55. The van der Waals surface area contributed by atoms with Gasteiger partial charge in [-0.25, -0.2) is 0 Å². The van der Waals surface area contributed by atoms with Crippen LogP contribution in [0.15, 0.2) is 36.4 Å². The zero-order valence-electron chi connectivity index (χ0n) is 10.2. The summed E-state index contributed by atoms with van der Waals surface area (Å²) >= 11 is 5.93. The molecule has 0 radical (unpaired) electrons. The van der Waals surface area contributed by atoms with Crippen molar-refractivity contribution in [3.63, 3.8) is 0 Å². The van der Waals surface area contributed by atoms with Gasteiger partial charge in [0.2, 0.25) is 0 Å². The van der Waals surface area contributed by atoms with E-state index in [1.54, 1.807) is 24.3 Å². The molecule has 0 saturated heterocycles. The lowest BCUT2D eigenvalue weighted by Crippen LogP contribution is -1.90. The van der Waals surface area contributed by atoms with Gasteiger partial charge in [0, 0.05) is 10.6 Å². The van der Waals surface area contributed by atoms with Crippen molar-refractivity contribution in [3.05, 3.63) is 58.1 Å². The van der Waals surface area contributed by atoms with E-state index in [2.05, 4.69) is 0 Å². The molecule has 2 aromatic carbocycles. The summed E-state index contributed by atoms with van der Waals surface area (Å²) < 4.78 is 5.63. The molecular weight excluding hydrogens is 262 g/mol. The zero-order chi connectivity index (χ0) is 13.8. The number of aldehydes is 1. The van der Waals surface area contributed by atoms with E-state index in [0.29, 0.717) is 28.4 Å². The van der Waals surface area contributed by atoms with Crippen LogP contribution in [0, 0.1) is 18.3 Å². The van der Waals surface area contributed by atoms with Crippen molar-refractivity contribution in [3.8, 4) is 17.6 Å². The van der Waals surface area contributed by atoms with E-state index in [0.717, 1.165) is 5.56 Å². The third-order valence-corrected chi connectivity index (χ3v) is 3.06. The molecule has 94 valence electrons. The fraction of sp³-hybridized carbons (Fsp3) is 0.0667. The second-order valence-electron chi connectivity index (χ2n) is 3.99. The third-order valence-electron chi connectivity index (χ3n) is 2.64. The average Bonchev–Trinajstić information content (AvgIpc) is 2.43. The fourth-order valence-corrected chi connectivity index (χ4v) is 1.73. The fourth-order valence-electron chi connectivity index (χ4n) is 1.62. The molecule has 0 saturated carbocycles. The first-order chi connectivity index (χ1) is 9.13. The third kappa shape index (κ3) is 2.93. The molecule has 2 rings (SSSR count). The molecule has 0 aromatic heterocycles. The number of aryl methyl sites for hydroxylation is 1. The first kappa shape index (κ1) is 13.1. The van der Waals surface area contributed by atoms with Gasteiger partial charge in [-0.15, -0.1) is 0 Å². The molecule has 0 amide bonds. The predicted molar refractivity (Wildman–Crippen MR) is 72.8 cm³/mol. The van der Waals surface area contributed by atoms with E-state index in [1.807, 2.05) is 19.1 Å². The number of nitrogens with zero attached hydrogens (tertiary/aromatic N) is 1. The summed E-state index contributed by atoms with van der Waals surface area (Å²) in [6, 6.07) is 12.0. The standard InChI is InChI=1S/C15H10ClNO2/c1-10-6-13(4-5-15(10)16)19-14-3-2-11(9-18)12(7-14)8-17/h2-7,9H,1H3. The molecule has 0 heterocycles. The maximum Gasteiger partial charge on any atom is 0.151 e. The van der Waals surface area contributed by atoms with Crippen LogP contribution in [-0.2, 0) is 0 Å². The quantitative estimate of drug-likeness (QED) is 0.789. The lowest BCUT2D eigenvalue weighted by molar-refractivity contribution is 0.112. The van der Waals surface area contributed by atoms with Crippen LogP contribution < -0.4 is 4.74 Å². The SMILES string of the molecule is Cc1cc(Oc2ccc(C=O)c(C#N)c2)ccc1Cl. The molecule has 0 aliphatic heterocycles. The van der Waals surface area contributed by atoms with Crippen molar-refractivity contribution in [1.82, 2.24) is 0 Å². The molecule has 0 aliphatic carbocycles. The Labute approximate surface area is 116 Å². The summed E-state index contributed by atoms with van der Waals surface area (Å²) in [5, 5.41) is 9.61. The Kier molecular flexibility index (Phi) is 3.84. The van der Waals surface area contributed by atoms with E-state index >= 15 is 0 Å². The highest BCUT2D eigenvalue weighted by atomic mass is 35.5. The van der Waals surface area contributed by atoms with Crippen LogP contribution in [-0.4, -0.2) is 6.29 Å². The average molecular weight is 272 g/mol. The Morgan fingerprint density at radius 3 is 2.53 bits per heavy atom. The van der Waals surface area contributed by atoms with Crippen LogP contribution in [0.2, 0.25) is 5.02 Å². The van der Waals surface area contributed by atoms with Crippen LogP contribution in [0.25, 0.3) is 0 Å². The van der Waals surface area contributed by atoms with Gasteiger partial charge in [0.15, 0.2) is 6.29 Å². The molecule has 0 N–H and O–H groups in total. The highest BCUT2D eigenvalue weighted by molar-refractivity contribution is 6.31. The van der Waals surface area contributed by atoms with Crippen LogP contribution in [0.1, 0.15) is 21.5 Å². The highest BCUT2D eigenvalue weighted by Gasteiger charge is 2.05. The number of halogens is 1. The van der Waals surface area contributed by atoms with Crippen LogP contribution in [0.5, 0.6) is 11.5 Å². The highest BCUT2D eigenvalue weighted by Crippen LogP contribution is 2.27. The van der Waals surface area contributed by atoms with E-state index < -0.39 is 0 Å². The first-order valence-electron chi connectivity index (χ1n) is 5.57. The van der Waals surface area contributed by atoms with Crippen molar-refractivity contribution >= 4 is 17.9 Å². The normalized spacial score (nSPS) is 9.74. The molecule has 0 aliphatic rings. The Bertz CT molecular complexity index is 674. The number of hydrogen-bond acceptors (Lipinski definition) is 3. The minimum Gasteiger partial charge on any atom is -0.457 e. The van der Waals surface area contributed by atoms with Crippen molar-refractivity contribution in [2.24, 2.45) is 0 Å². The van der Waals surface area contributed by atoms with E-state index in [9.17, 15) is 4.79 Å². The Balaban J connectivity index is 2.31. The van der Waals surface area contributed by atoms with Crippen LogP contribution in [0.3, 0.4) is 0 Å². The molecule has 4 heteroatoms. The Morgan fingerprint density at radius 1 is 1.21 bits per heavy atom. The van der Waals surface area contributed by atoms with Gasteiger partial charge in [0.1, 0.15) is 17.6 Å². The summed E-state index contributed by atoms with van der Waals surface area (Å²) in [4.78, 5) is 10.7. The summed E-state index contributed by atoms with van der Waals surface area (Å²) in [5.74, 6) is 1.13. The first-order valence-corrected chi connectivity index (χ1v) is 5.95. The second-order valence-corrected chi connectivity index (χ2v) is 4.40. The number of hydrogen-bond donors (Lipinski definition) is 0. The molecule has 3 nitrogen and oxygen atoms in total. The molecule has 19 heavy (non-hydrogen) atoms. The van der Waals surface area contributed by atoms with Gasteiger partial charge in [-0.1, -0.05) is 11.6 Å². The minimum atomic E-state index is 0.290. The number of ether oxygens (including phenoxy) is 1. The largest absolute Gasteiger partial charge is 0.457 e. The van der Waals surface area contributed by atoms with E-state index in [-0.39, 0.29) is 5.56 Å². The number of rotatable bonds is 3. The van der Waals surface area contributed by atoms with Crippen molar-refractivity contribution < 1.29 is 9.53 Å². The minimum absolute atomic E-state index is 0.290. The summed E-state index contributed by atoms with van der Waals surface area (Å²) in [7, 11) is 0. The van der Waals surface area contributed by atoms with Gasteiger partial charge < -0.3 is 4.74 Å². The van der Waals surface area contributed by atoms with E-state index in [4.69, 9.17) is 21.6 Å². The Hall–Kier alpha value is -2.31. The van der Waals surface area contributed by atoms with Crippen LogP contribution >= 0.6 is 11.6 Å². The maximum atomic E-state index is 10.7. The topological polar surface area (TPSA) is 50.1 Å². The van der Waals surface area contributed by atoms with Crippen LogP contribution in [0.4, 0.5) is 0 Å². The van der Waals surface area contributed by atoms with Crippen molar-refractivity contribution in [2.45, 2.75) is 6.92 Å².